The molecule has 0 bridgehead atoms. The Morgan fingerprint density at radius 2 is 2.27 bits per heavy atom. The molecule has 0 unspecified atom stereocenters. The van der Waals surface area contributed by atoms with Crippen LogP contribution in [0.3, 0.4) is 0 Å². The molecule has 0 radical (unpaired) electrons. The maximum absolute atomic E-state index is 10.8. The summed E-state index contributed by atoms with van der Waals surface area (Å²) in [5.41, 5.74) is 2.33. The second-order valence-electron chi connectivity index (χ2n) is 3.43. The molecular formula is C11H12N2O2. The number of nitrogens with one attached hydrogen (secondary N) is 2. The largest absolute Gasteiger partial charge is 0.478 e. The molecule has 1 aromatic heterocycles. The topological polar surface area (TPSA) is 65.1 Å². The third-order valence-electron chi connectivity index (χ3n) is 2.29. The molecule has 3 N–H and O–H groups in total. The van der Waals surface area contributed by atoms with Gasteiger partial charge in [0.15, 0.2) is 0 Å². The Balaban J connectivity index is 2.47. The fourth-order valence-electron chi connectivity index (χ4n) is 1.61. The lowest BCUT2D eigenvalue weighted by Crippen LogP contribution is -2.04. The Hall–Kier alpha value is -1.81. The summed E-state index contributed by atoms with van der Waals surface area (Å²) in [6.07, 6.45) is 0. The highest BCUT2D eigenvalue weighted by Crippen LogP contribution is 2.17. The zero-order valence-corrected chi connectivity index (χ0v) is 8.37. The van der Waals surface area contributed by atoms with Crippen LogP contribution in [0.5, 0.6) is 0 Å². The van der Waals surface area contributed by atoms with E-state index in [1.165, 1.54) is 0 Å². The number of carboxylic acids is 1. The summed E-state index contributed by atoms with van der Waals surface area (Å²) in [4.78, 5) is 14.0. The van der Waals surface area contributed by atoms with Crippen molar-refractivity contribution in [1.82, 2.24) is 10.3 Å². The van der Waals surface area contributed by atoms with Crippen molar-refractivity contribution >= 4 is 16.9 Å². The van der Waals surface area contributed by atoms with Crippen LogP contribution in [0.25, 0.3) is 10.9 Å². The van der Waals surface area contributed by atoms with E-state index in [0.717, 1.165) is 23.1 Å². The highest BCUT2D eigenvalue weighted by molar-refractivity contribution is 5.93. The number of benzene rings is 1. The number of rotatable bonds is 3. The molecule has 4 heteroatoms. The molecule has 4 nitrogen and oxygen atoms in total. The number of carboxylic acid groups (broad SMARTS) is 1. The quantitative estimate of drug-likeness (QED) is 0.711. The van der Waals surface area contributed by atoms with E-state index in [1.54, 1.807) is 18.2 Å². The molecule has 0 aliphatic carbocycles. The van der Waals surface area contributed by atoms with Crippen LogP contribution in [-0.2, 0) is 6.54 Å². The zero-order valence-electron chi connectivity index (χ0n) is 8.37. The van der Waals surface area contributed by atoms with Crippen molar-refractivity contribution < 1.29 is 9.90 Å². The van der Waals surface area contributed by atoms with Crippen molar-refractivity contribution in [3.8, 4) is 0 Å². The molecule has 0 amide bonds. The first-order valence-corrected chi connectivity index (χ1v) is 4.70. The van der Waals surface area contributed by atoms with Gasteiger partial charge in [-0.05, 0) is 31.3 Å². The molecule has 0 aliphatic heterocycles. The van der Waals surface area contributed by atoms with Gasteiger partial charge in [-0.2, -0.15) is 0 Å². The highest BCUT2D eigenvalue weighted by atomic mass is 16.4. The minimum absolute atomic E-state index is 0.317. The van der Waals surface area contributed by atoms with Crippen LogP contribution in [0.4, 0.5) is 0 Å². The minimum Gasteiger partial charge on any atom is -0.478 e. The zero-order chi connectivity index (χ0) is 10.8. The second kappa shape index (κ2) is 3.74. The van der Waals surface area contributed by atoms with Crippen molar-refractivity contribution in [2.24, 2.45) is 0 Å². The van der Waals surface area contributed by atoms with Crippen LogP contribution in [0.2, 0.25) is 0 Å². The van der Waals surface area contributed by atoms with Gasteiger partial charge in [-0.3, -0.25) is 0 Å². The van der Waals surface area contributed by atoms with Gasteiger partial charge in [-0.25, -0.2) is 4.79 Å². The number of hydrogen-bond acceptors (Lipinski definition) is 2. The van der Waals surface area contributed by atoms with Crippen LogP contribution < -0.4 is 5.32 Å². The first-order valence-electron chi connectivity index (χ1n) is 4.70. The van der Waals surface area contributed by atoms with Gasteiger partial charge < -0.3 is 15.4 Å². The summed E-state index contributed by atoms with van der Waals surface area (Å²) in [7, 11) is 1.87. The van der Waals surface area contributed by atoms with Crippen molar-refractivity contribution in [2.45, 2.75) is 6.54 Å². The highest BCUT2D eigenvalue weighted by Gasteiger charge is 2.05. The van der Waals surface area contributed by atoms with Gasteiger partial charge in [0.05, 0.1) is 5.56 Å². The number of aromatic nitrogens is 1. The van der Waals surface area contributed by atoms with E-state index in [4.69, 9.17) is 5.11 Å². The van der Waals surface area contributed by atoms with Crippen molar-refractivity contribution in [3.63, 3.8) is 0 Å². The summed E-state index contributed by atoms with van der Waals surface area (Å²) >= 11 is 0. The molecule has 78 valence electrons. The van der Waals surface area contributed by atoms with E-state index in [-0.39, 0.29) is 0 Å². The number of fused-ring (bicyclic) bond motifs is 1. The molecule has 0 saturated carbocycles. The monoisotopic (exact) mass is 204 g/mol. The summed E-state index contributed by atoms with van der Waals surface area (Å²) in [5.74, 6) is -0.895. The van der Waals surface area contributed by atoms with E-state index in [9.17, 15) is 4.79 Å². The van der Waals surface area contributed by atoms with Crippen LogP contribution >= 0.6 is 0 Å². The fourth-order valence-corrected chi connectivity index (χ4v) is 1.61. The number of aromatic carboxylic acids is 1. The first-order chi connectivity index (χ1) is 7.20. The van der Waals surface area contributed by atoms with E-state index in [0.29, 0.717) is 5.56 Å². The predicted molar refractivity (Wildman–Crippen MR) is 58.0 cm³/mol. The third kappa shape index (κ3) is 1.85. The van der Waals surface area contributed by atoms with Gasteiger partial charge in [0.25, 0.3) is 0 Å². The first kappa shape index (κ1) is 9.73. The third-order valence-corrected chi connectivity index (χ3v) is 2.29. The maximum Gasteiger partial charge on any atom is 0.335 e. The summed E-state index contributed by atoms with van der Waals surface area (Å²) in [6.45, 7) is 0.747. The molecule has 0 spiro atoms. The van der Waals surface area contributed by atoms with Crippen molar-refractivity contribution in [2.75, 3.05) is 7.05 Å². The SMILES string of the molecule is CNCc1cc2cc(C(=O)O)ccc2[nH]1. The van der Waals surface area contributed by atoms with Crippen molar-refractivity contribution in [3.05, 3.63) is 35.5 Å². The Morgan fingerprint density at radius 3 is 2.93 bits per heavy atom. The van der Waals surface area contributed by atoms with E-state index in [1.807, 2.05) is 13.1 Å². The minimum atomic E-state index is -0.895. The van der Waals surface area contributed by atoms with Crippen LogP contribution in [0, 0.1) is 0 Å². The van der Waals surface area contributed by atoms with Gasteiger partial charge in [-0.15, -0.1) is 0 Å². The van der Waals surface area contributed by atoms with Crippen LogP contribution in [0.1, 0.15) is 16.1 Å². The second-order valence-corrected chi connectivity index (χ2v) is 3.43. The van der Waals surface area contributed by atoms with Gasteiger partial charge >= 0.3 is 5.97 Å². The van der Waals surface area contributed by atoms with Crippen molar-refractivity contribution in [1.29, 1.82) is 0 Å². The molecule has 0 aliphatic rings. The lowest BCUT2D eigenvalue weighted by molar-refractivity contribution is 0.0697. The molecule has 0 atom stereocenters. The number of H-pyrrole nitrogens is 1. The number of carbonyl (C=O) groups is 1. The summed E-state index contributed by atoms with van der Waals surface area (Å²) in [5, 5.41) is 12.8. The molecule has 2 aromatic rings. The Kier molecular flexibility index (Phi) is 2.43. The molecule has 0 saturated heterocycles. The van der Waals surface area contributed by atoms with E-state index >= 15 is 0 Å². The normalized spacial score (nSPS) is 10.7. The maximum atomic E-state index is 10.8. The molecule has 1 heterocycles. The Labute approximate surface area is 86.9 Å². The van der Waals surface area contributed by atoms with Crippen LogP contribution in [-0.4, -0.2) is 23.1 Å². The number of aromatic amines is 1. The average molecular weight is 204 g/mol. The summed E-state index contributed by atoms with van der Waals surface area (Å²) < 4.78 is 0. The lowest BCUT2D eigenvalue weighted by Gasteiger charge is -1.93. The fraction of sp³-hybridized carbons (Fsp3) is 0.182. The predicted octanol–water partition coefficient (Wildman–Crippen LogP) is 1.59. The Morgan fingerprint density at radius 1 is 1.47 bits per heavy atom. The van der Waals surface area contributed by atoms with E-state index < -0.39 is 5.97 Å². The standard InChI is InChI=1S/C11H12N2O2/c1-12-6-9-5-8-4-7(11(14)15)2-3-10(8)13-9/h2-5,12-13H,6H2,1H3,(H,14,15). The molecular weight excluding hydrogens is 192 g/mol. The molecule has 2 rings (SSSR count). The number of hydrogen-bond donors (Lipinski definition) is 3. The van der Waals surface area contributed by atoms with Gasteiger partial charge in [0, 0.05) is 23.1 Å². The van der Waals surface area contributed by atoms with E-state index in [2.05, 4.69) is 10.3 Å². The molecule has 0 fully saturated rings. The lowest BCUT2D eigenvalue weighted by atomic mass is 10.1. The summed E-state index contributed by atoms with van der Waals surface area (Å²) in [6, 6.07) is 7.02. The van der Waals surface area contributed by atoms with Crippen LogP contribution in [0.15, 0.2) is 24.3 Å². The molecule has 1 aromatic carbocycles. The van der Waals surface area contributed by atoms with Gasteiger partial charge in [0.2, 0.25) is 0 Å². The smallest absolute Gasteiger partial charge is 0.335 e. The van der Waals surface area contributed by atoms with Gasteiger partial charge in [0.1, 0.15) is 0 Å². The Bertz CT molecular complexity index is 502. The van der Waals surface area contributed by atoms with Gasteiger partial charge in [-0.1, -0.05) is 0 Å². The average Bonchev–Trinajstić information content (AvgIpc) is 2.59. The molecule has 15 heavy (non-hydrogen) atoms.